The molecule has 0 heterocycles. The van der Waals surface area contributed by atoms with Crippen LogP contribution in [0.25, 0.3) is 0 Å². The van der Waals surface area contributed by atoms with Gasteiger partial charge in [0.1, 0.15) is 11.5 Å². The third-order valence-corrected chi connectivity index (χ3v) is 4.09. The molecule has 0 radical (unpaired) electrons. The number of halogens is 2. The molecule has 0 aromatic heterocycles. The second-order valence-corrected chi connectivity index (χ2v) is 6.11. The van der Waals surface area contributed by atoms with Crippen LogP contribution in [0, 0.1) is 0 Å². The minimum atomic E-state index is -0.0534. The van der Waals surface area contributed by atoms with Gasteiger partial charge in [-0.1, -0.05) is 35.3 Å². The fourth-order valence-corrected chi connectivity index (χ4v) is 2.56. The highest BCUT2D eigenvalue weighted by atomic mass is 35.5. The SMILES string of the molecule is COc1cc(NCCC(=O)NCc2ccc(Cl)cc2)c(OC)cc1Cl. The van der Waals surface area contributed by atoms with Gasteiger partial charge < -0.3 is 20.1 Å². The monoisotopic (exact) mass is 382 g/mol. The summed E-state index contributed by atoms with van der Waals surface area (Å²) in [7, 11) is 3.10. The lowest BCUT2D eigenvalue weighted by molar-refractivity contribution is -0.121. The Hall–Kier alpha value is -2.11. The molecule has 25 heavy (non-hydrogen) atoms. The Kier molecular flexibility index (Phi) is 7.22. The molecule has 0 bridgehead atoms. The largest absolute Gasteiger partial charge is 0.495 e. The zero-order valence-corrected chi connectivity index (χ0v) is 15.6. The molecule has 0 fully saturated rings. The first kappa shape index (κ1) is 19.2. The van der Waals surface area contributed by atoms with Gasteiger partial charge in [-0.25, -0.2) is 0 Å². The fraction of sp³-hybridized carbons (Fsp3) is 0.278. The molecule has 2 N–H and O–H groups in total. The lowest BCUT2D eigenvalue weighted by atomic mass is 10.2. The van der Waals surface area contributed by atoms with Crippen molar-refractivity contribution in [3.8, 4) is 11.5 Å². The van der Waals surface area contributed by atoms with Crippen molar-refractivity contribution in [3.63, 3.8) is 0 Å². The van der Waals surface area contributed by atoms with Crippen LogP contribution in [0.5, 0.6) is 11.5 Å². The number of benzene rings is 2. The maximum atomic E-state index is 12.0. The molecule has 0 spiro atoms. The normalized spacial score (nSPS) is 10.2. The average molecular weight is 383 g/mol. The zero-order valence-electron chi connectivity index (χ0n) is 14.1. The number of nitrogens with one attached hydrogen (secondary N) is 2. The molecule has 2 aromatic carbocycles. The van der Waals surface area contributed by atoms with Gasteiger partial charge in [-0.15, -0.1) is 0 Å². The Morgan fingerprint density at radius 2 is 1.72 bits per heavy atom. The number of methoxy groups -OCH3 is 2. The Bertz CT molecular complexity index is 721. The molecule has 5 nitrogen and oxygen atoms in total. The van der Waals surface area contributed by atoms with E-state index in [-0.39, 0.29) is 5.91 Å². The van der Waals surface area contributed by atoms with Crippen LogP contribution < -0.4 is 20.1 Å². The molecule has 7 heteroatoms. The van der Waals surface area contributed by atoms with Crippen LogP contribution in [0.3, 0.4) is 0 Å². The van der Waals surface area contributed by atoms with Crippen LogP contribution in [-0.2, 0) is 11.3 Å². The van der Waals surface area contributed by atoms with Gasteiger partial charge in [-0.2, -0.15) is 0 Å². The summed E-state index contributed by atoms with van der Waals surface area (Å²) in [5.74, 6) is 1.08. The predicted molar refractivity (Wildman–Crippen MR) is 101 cm³/mol. The minimum absolute atomic E-state index is 0.0534. The van der Waals surface area contributed by atoms with E-state index in [1.165, 1.54) is 0 Å². The molecule has 0 saturated heterocycles. The number of rotatable bonds is 8. The Labute approximate surface area is 157 Å². The summed E-state index contributed by atoms with van der Waals surface area (Å²) in [6, 6.07) is 10.8. The Balaban J connectivity index is 1.83. The van der Waals surface area contributed by atoms with E-state index in [2.05, 4.69) is 10.6 Å². The summed E-state index contributed by atoms with van der Waals surface area (Å²) < 4.78 is 10.5. The van der Waals surface area contributed by atoms with Gasteiger partial charge in [0.15, 0.2) is 0 Å². The van der Waals surface area contributed by atoms with Crippen molar-refractivity contribution in [1.29, 1.82) is 0 Å². The molecule has 2 rings (SSSR count). The number of hydrogen-bond donors (Lipinski definition) is 2. The first-order valence-corrected chi connectivity index (χ1v) is 8.45. The van der Waals surface area contributed by atoms with Gasteiger partial charge in [0.2, 0.25) is 5.91 Å². The van der Waals surface area contributed by atoms with Crippen molar-refractivity contribution in [2.75, 3.05) is 26.1 Å². The second-order valence-electron chi connectivity index (χ2n) is 5.27. The summed E-state index contributed by atoms with van der Waals surface area (Å²) >= 11 is 11.9. The Morgan fingerprint density at radius 1 is 1.04 bits per heavy atom. The highest BCUT2D eigenvalue weighted by Crippen LogP contribution is 2.35. The summed E-state index contributed by atoms with van der Waals surface area (Å²) in [6.45, 7) is 0.918. The van der Waals surface area contributed by atoms with E-state index in [0.29, 0.717) is 46.7 Å². The molecule has 0 atom stereocenters. The zero-order chi connectivity index (χ0) is 18.2. The van der Waals surface area contributed by atoms with Crippen molar-refractivity contribution in [2.24, 2.45) is 0 Å². The lowest BCUT2D eigenvalue weighted by Gasteiger charge is -2.14. The van der Waals surface area contributed by atoms with Gasteiger partial charge in [0, 0.05) is 36.7 Å². The molecular formula is C18H20Cl2N2O3. The van der Waals surface area contributed by atoms with E-state index in [0.717, 1.165) is 5.56 Å². The highest BCUT2D eigenvalue weighted by Gasteiger charge is 2.10. The average Bonchev–Trinajstić information content (AvgIpc) is 2.62. The third-order valence-electron chi connectivity index (χ3n) is 3.54. The number of ether oxygens (including phenoxy) is 2. The van der Waals surface area contributed by atoms with Gasteiger partial charge in [0.05, 0.1) is 24.9 Å². The third kappa shape index (κ3) is 5.73. The quantitative estimate of drug-likeness (QED) is 0.720. The predicted octanol–water partition coefficient (Wildman–Crippen LogP) is 4.13. The second kappa shape index (κ2) is 9.39. The molecule has 0 saturated carbocycles. The molecule has 0 aliphatic carbocycles. The smallest absolute Gasteiger partial charge is 0.222 e. The summed E-state index contributed by atoms with van der Waals surface area (Å²) in [5, 5.41) is 7.16. The highest BCUT2D eigenvalue weighted by molar-refractivity contribution is 6.32. The number of amides is 1. The van der Waals surface area contributed by atoms with Crippen LogP contribution in [0.2, 0.25) is 10.0 Å². The maximum Gasteiger partial charge on any atom is 0.222 e. The van der Waals surface area contributed by atoms with E-state index >= 15 is 0 Å². The molecule has 134 valence electrons. The molecule has 2 aromatic rings. The van der Waals surface area contributed by atoms with Gasteiger partial charge in [0.25, 0.3) is 0 Å². The van der Waals surface area contributed by atoms with Crippen LogP contribution in [0.4, 0.5) is 5.69 Å². The van der Waals surface area contributed by atoms with Gasteiger partial charge in [-0.05, 0) is 17.7 Å². The molecule has 1 amide bonds. The first-order chi connectivity index (χ1) is 12.0. The van der Waals surface area contributed by atoms with Crippen molar-refractivity contribution < 1.29 is 14.3 Å². The van der Waals surface area contributed by atoms with Crippen molar-refractivity contribution >= 4 is 34.8 Å². The van der Waals surface area contributed by atoms with E-state index in [9.17, 15) is 4.79 Å². The summed E-state index contributed by atoms with van der Waals surface area (Å²) in [6.07, 6.45) is 0.321. The van der Waals surface area contributed by atoms with Crippen LogP contribution in [0.1, 0.15) is 12.0 Å². The number of hydrogen-bond acceptors (Lipinski definition) is 4. The van der Waals surface area contributed by atoms with Crippen molar-refractivity contribution in [1.82, 2.24) is 5.32 Å². The molecule has 0 aliphatic heterocycles. The molecule has 0 aliphatic rings. The van der Waals surface area contributed by atoms with E-state index in [1.54, 1.807) is 38.5 Å². The topological polar surface area (TPSA) is 59.6 Å². The first-order valence-electron chi connectivity index (χ1n) is 7.70. The number of carbonyl (C=O) groups is 1. The number of anilines is 1. The molecule has 0 unspecified atom stereocenters. The Morgan fingerprint density at radius 3 is 2.36 bits per heavy atom. The summed E-state index contributed by atoms with van der Waals surface area (Å²) in [5.41, 5.74) is 1.71. The summed E-state index contributed by atoms with van der Waals surface area (Å²) in [4.78, 5) is 12.0. The van der Waals surface area contributed by atoms with E-state index in [4.69, 9.17) is 32.7 Å². The fourth-order valence-electron chi connectivity index (χ4n) is 2.20. The molecular weight excluding hydrogens is 363 g/mol. The van der Waals surface area contributed by atoms with Gasteiger partial charge >= 0.3 is 0 Å². The van der Waals surface area contributed by atoms with Crippen LogP contribution in [-0.4, -0.2) is 26.7 Å². The number of carbonyl (C=O) groups excluding carboxylic acids is 1. The van der Waals surface area contributed by atoms with Crippen molar-refractivity contribution in [3.05, 3.63) is 52.0 Å². The lowest BCUT2D eigenvalue weighted by Crippen LogP contribution is -2.24. The standard InChI is InChI=1S/C18H20Cl2N2O3/c1-24-16-10-15(17(25-2)9-14(16)20)21-8-7-18(23)22-11-12-3-5-13(19)6-4-12/h3-6,9-10,21H,7-8,11H2,1-2H3,(H,22,23). The van der Waals surface area contributed by atoms with E-state index in [1.807, 2.05) is 12.1 Å². The van der Waals surface area contributed by atoms with E-state index < -0.39 is 0 Å². The minimum Gasteiger partial charge on any atom is -0.495 e. The van der Waals surface area contributed by atoms with Gasteiger partial charge in [-0.3, -0.25) is 4.79 Å². The maximum absolute atomic E-state index is 12.0. The van der Waals surface area contributed by atoms with Crippen molar-refractivity contribution in [2.45, 2.75) is 13.0 Å². The van der Waals surface area contributed by atoms with Crippen LogP contribution >= 0.6 is 23.2 Å². The van der Waals surface area contributed by atoms with Crippen LogP contribution in [0.15, 0.2) is 36.4 Å².